The number of nitriles is 1. The highest BCUT2D eigenvalue weighted by Crippen LogP contribution is 2.26. The van der Waals surface area contributed by atoms with Crippen LogP contribution >= 0.6 is 0 Å². The maximum absolute atomic E-state index is 12.0. The fourth-order valence-corrected chi connectivity index (χ4v) is 1.86. The van der Waals surface area contributed by atoms with Gasteiger partial charge < -0.3 is 19.5 Å². The molecular formula is C17H22N2O4. The van der Waals surface area contributed by atoms with Gasteiger partial charge in [0.15, 0.2) is 0 Å². The summed E-state index contributed by atoms with van der Waals surface area (Å²) < 4.78 is 15.6. The SMILES string of the molecule is CCOCCCNC(=O)/C(C#N)=C/c1ccc(OC)cc1OC. The van der Waals surface area contributed by atoms with E-state index in [2.05, 4.69) is 5.32 Å². The molecule has 0 aliphatic heterocycles. The minimum atomic E-state index is -0.415. The van der Waals surface area contributed by atoms with E-state index in [-0.39, 0.29) is 5.57 Å². The maximum Gasteiger partial charge on any atom is 0.261 e. The van der Waals surface area contributed by atoms with Crippen LogP contribution in [-0.2, 0) is 9.53 Å². The Morgan fingerprint density at radius 1 is 1.35 bits per heavy atom. The normalized spacial score (nSPS) is 10.8. The van der Waals surface area contributed by atoms with Crippen LogP contribution in [0.2, 0.25) is 0 Å². The van der Waals surface area contributed by atoms with Crippen molar-refractivity contribution in [2.75, 3.05) is 34.0 Å². The number of carbonyl (C=O) groups excluding carboxylic acids is 1. The van der Waals surface area contributed by atoms with Crippen LogP contribution in [0.25, 0.3) is 6.08 Å². The third-order valence-electron chi connectivity index (χ3n) is 3.06. The van der Waals surface area contributed by atoms with Crippen molar-refractivity contribution in [1.82, 2.24) is 5.32 Å². The zero-order valence-corrected chi connectivity index (χ0v) is 13.7. The van der Waals surface area contributed by atoms with Gasteiger partial charge in [0.25, 0.3) is 5.91 Å². The van der Waals surface area contributed by atoms with Gasteiger partial charge in [-0.05, 0) is 31.6 Å². The van der Waals surface area contributed by atoms with Gasteiger partial charge in [0.2, 0.25) is 0 Å². The minimum absolute atomic E-state index is 0.0184. The van der Waals surface area contributed by atoms with Gasteiger partial charge in [-0.2, -0.15) is 5.26 Å². The van der Waals surface area contributed by atoms with Gasteiger partial charge in [0.05, 0.1) is 14.2 Å². The van der Waals surface area contributed by atoms with E-state index in [4.69, 9.17) is 14.2 Å². The largest absolute Gasteiger partial charge is 0.497 e. The second-order valence-electron chi connectivity index (χ2n) is 4.58. The number of methoxy groups -OCH3 is 2. The second-order valence-corrected chi connectivity index (χ2v) is 4.58. The Kier molecular flexibility index (Phi) is 8.25. The zero-order valence-electron chi connectivity index (χ0n) is 13.7. The summed E-state index contributed by atoms with van der Waals surface area (Å²) in [6, 6.07) is 7.08. The Labute approximate surface area is 136 Å². The molecule has 1 aromatic rings. The first-order valence-electron chi connectivity index (χ1n) is 7.36. The van der Waals surface area contributed by atoms with Crippen molar-refractivity contribution in [3.05, 3.63) is 29.3 Å². The van der Waals surface area contributed by atoms with Gasteiger partial charge in [-0.15, -0.1) is 0 Å². The predicted octanol–water partition coefficient (Wildman–Crippen LogP) is 2.15. The number of carbonyl (C=O) groups is 1. The molecule has 0 saturated carbocycles. The standard InChI is InChI=1S/C17H22N2O4/c1-4-23-9-5-8-19-17(20)14(12-18)10-13-6-7-15(21-2)11-16(13)22-3/h6-7,10-11H,4-5,8-9H2,1-3H3,(H,19,20)/b14-10+. The van der Waals surface area contributed by atoms with Gasteiger partial charge in [-0.25, -0.2) is 0 Å². The lowest BCUT2D eigenvalue weighted by Crippen LogP contribution is -2.26. The van der Waals surface area contributed by atoms with Crippen LogP contribution in [0.3, 0.4) is 0 Å². The Morgan fingerprint density at radius 2 is 2.13 bits per heavy atom. The summed E-state index contributed by atoms with van der Waals surface area (Å²) in [5, 5.41) is 11.9. The predicted molar refractivity (Wildman–Crippen MR) is 87.3 cm³/mol. The first-order valence-corrected chi connectivity index (χ1v) is 7.36. The van der Waals surface area contributed by atoms with E-state index in [1.54, 1.807) is 25.3 Å². The number of nitrogens with one attached hydrogen (secondary N) is 1. The van der Waals surface area contributed by atoms with Crippen LogP contribution in [0.15, 0.2) is 23.8 Å². The Morgan fingerprint density at radius 3 is 2.74 bits per heavy atom. The van der Waals surface area contributed by atoms with Gasteiger partial charge in [-0.3, -0.25) is 4.79 Å². The lowest BCUT2D eigenvalue weighted by atomic mass is 10.1. The van der Waals surface area contributed by atoms with Gasteiger partial charge in [-0.1, -0.05) is 0 Å². The molecule has 0 fully saturated rings. The fraction of sp³-hybridized carbons (Fsp3) is 0.412. The minimum Gasteiger partial charge on any atom is -0.497 e. The number of nitrogens with zero attached hydrogens (tertiary/aromatic N) is 1. The lowest BCUT2D eigenvalue weighted by molar-refractivity contribution is -0.117. The Balaban J connectivity index is 2.78. The van der Waals surface area contributed by atoms with Crippen LogP contribution in [-0.4, -0.2) is 39.9 Å². The average molecular weight is 318 g/mol. The number of benzene rings is 1. The number of hydrogen-bond donors (Lipinski definition) is 1. The molecule has 1 aromatic carbocycles. The second kappa shape index (κ2) is 10.2. The summed E-state index contributed by atoms with van der Waals surface area (Å²) in [6.45, 7) is 3.60. The number of ether oxygens (including phenoxy) is 3. The quantitative estimate of drug-likeness (QED) is 0.429. The van der Waals surface area contributed by atoms with E-state index in [0.29, 0.717) is 43.2 Å². The Hall–Kier alpha value is -2.52. The molecule has 124 valence electrons. The average Bonchev–Trinajstić information content (AvgIpc) is 2.59. The topological polar surface area (TPSA) is 80.6 Å². The fourth-order valence-electron chi connectivity index (χ4n) is 1.86. The number of rotatable bonds is 9. The van der Waals surface area contributed by atoms with Crippen molar-refractivity contribution in [2.24, 2.45) is 0 Å². The molecule has 0 atom stereocenters. The van der Waals surface area contributed by atoms with Crippen molar-refractivity contribution in [1.29, 1.82) is 5.26 Å². The van der Waals surface area contributed by atoms with Crippen LogP contribution in [0, 0.1) is 11.3 Å². The molecule has 6 heteroatoms. The number of amides is 1. The molecule has 6 nitrogen and oxygen atoms in total. The van der Waals surface area contributed by atoms with Gasteiger partial charge in [0, 0.05) is 31.4 Å². The lowest BCUT2D eigenvalue weighted by Gasteiger charge is -2.08. The van der Waals surface area contributed by atoms with E-state index >= 15 is 0 Å². The monoisotopic (exact) mass is 318 g/mol. The molecule has 23 heavy (non-hydrogen) atoms. The van der Waals surface area contributed by atoms with E-state index in [9.17, 15) is 10.1 Å². The summed E-state index contributed by atoms with van der Waals surface area (Å²) in [5.74, 6) is 0.751. The van der Waals surface area contributed by atoms with Crippen LogP contribution in [0.4, 0.5) is 0 Å². The summed E-state index contributed by atoms with van der Waals surface area (Å²) in [5.41, 5.74) is 0.652. The molecule has 0 saturated heterocycles. The van der Waals surface area contributed by atoms with Crippen molar-refractivity contribution < 1.29 is 19.0 Å². The maximum atomic E-state index is 12.0. The summed E-state index contributed by atoms with van der Waals surface area (Å²) in [6.07, 6.45) is 2.19. The van der Waals surface area contributed by atoms with Crippen LogP contribution in [0.5, 0.6) is 11.5 Å². The van der Waals surface area contributed by atoms with E-state index in [0.717, 1.165) is 0 Å². The highest BCUT2D eigenvalue weighted by Gasteiger charge is 2.11. The Bertz CT molecular complexity index is 591. The highest BCUT2D eigenvalue weighted by molar-refractivity contribution is 6.01. The third kappa shape index (κ3) is 6.01. The first kappa shape index (κ1) is 18.5. The molecule has 0 aliphatic rings. The molecule has 1 amide bonds. The molecule has 0 aliphatic carbocycles. The molecule has 0 aromatic heterocycles. The van der Waals surface area contributed by atoms with Crippen molar-refractivity contribution >= 4 is 12.0 Å². The van der Waals surface area contributed by atoms with Crippen molar-refractivity contribution in [2.45, 2.75) is 13.3 Å². The third-order valence-corrected chi connectivity index (χ3v) is 3.06. The molecule has 0 spiro atoms. The molecule has 1 N–H and O–H groups in total. The molecular weight excluding hydrogens is 296 g/mol. The van der Waals surface area contributed by atoms with E-state index in [1.807, 2.05) is 13.0 Å². The molecule has 1 rings (SSSR count). The summed E-state index contributed by atoms with van der Waals surface area (Å²) in [4.78, 5) is 12.0. The first-order chi connectivity index (χ1) is 11.2. The summed E-state index contributed by atoms with van der Waals surface area (Å²) >= 11 is 0. The van der Waals surface area contributed by atoms with Gasteiger partial charge in [0.1, 0.15) is 23.1 Å². The zero-order chi connectivity index (χ0) is 17.1. The van der Waals surface area contributed by atoms with Crippen molar-refractivity contribution in [3.8, 4) is 17.6 Å². The molecule has 0 unspecified atom stereocenters. The molecule has 0 heterocycles. The van der Waals surface area contributed by atoms with Crippen LogP contribution < -0.4 is 14.8 Å². The number of hydrogen-bond acceptors (Lipinski definition) is 5. The van der Waals surface area contributed by atoms with E-state index in [1.165, 1.54) is 13.2 Å². The highest BCUT2D eigenvalue weighted by atomic mass is 16.5. The van der Waals surface area contributed by atoms with E-state index < -0.39 is 5.91 Å². The molecule has 0 bridgehead atoms. The summed E-state index contributed by atoms with van der Waals surface area (Å²) in [7, 11) is 3.08. The van der Waals surface area contributed by atoms with Crippen molar-refractivity contribution in [3.63, 3.8) is 0 Å². The van der Waals surface area contributed by atoms with Crippen LogP contribution in [0.1, 0.15) is 18.9 Å². The molecule has 0 radical (unpaired) electrons. The van der Waals surface area contributed by atoms with Gasteiger partial charge >= 0.3 is 0 Å². The smallest absolute Gasteiger partial charge is 0.261 e.